The van der Waals surface area contributed by atoms with Gasteiger partial charge in [-0.2, -0.15) is 0 Å². The van der Waals surface area contributed by atoms with Crippen molar-refractivity contribution in [1.82, 2.24) is 9.80 Å². The summed E-state index contributed by atoms with van der Waals surface area (Å²) in [6.45, 7) is 0.609. The number of carbonyl (C=O) groups excluding carboxylic acids is 1. The molecule has 1 aliphatic carbocycles. The summed E-state index contributed by atoms with van der Waals surface area (Å²) in [6, 6.07) is 5.75. The van der Waals surface area contributed by atoms with E-state index in [0.717, 1.165) is 25.7 Å². The molecule has 23 heavy (non-hydrogen) atoms. The number of rotatable bonds is 6. The van der Waals surface area contributed by atoms with E-state index in [9.17, 15) is 14.3 Å². The highest BCUT2D eigenvalue weighted by Gasteiger charge is 2.37. The summed E-state index contributed by atoms with van der Waals surface area (Å²) in [4.78, 5) is 16.3. The van der Waals surface area contributed by atoms with Crippen molar-refractivity contribution >= 4 is 5.91 Å². The molecular formula is C18H27FN2O2. The Kier molecular flexibility index (Phi) is 5.76. The summed E-state index contributed by atoms with van der Waals surface area (Å²) in [5.41, 5.74) is 0.190. The van der Waals surface area contributed by atoms with Gasteiger partial charge in [0.05, 0.1) is 6.61 Å². The van der Waals surface area contributed by atoms with Crippen LogP contribution in [0.2, 0.25) is 0 Å². The highest BCUT2D eigenvalue weighted by Crippen LogP contribution is 2.38. The highest BCUT2D eigenvalue weighted by atomic mass is 19.1. The van der Waals surface area contributed by atoms with Gasteiger partial charge in [-0.25, -0.2) is 4.39 Å². The van der Waals surface area contributed by atoms with Gasteiger partial charge in [-0.15, -0.1) is 0 Å². The first-order chi connectivity index (χ1) is 10.9. The van der Waals surface area contributed by atoms with Crippen molar-refractivity contribution in [1.29, 1.82) is 0 Å². The molecule has 0 heterocycles. The number of aliphatic hydroxyl groups excluding tert-OH is 1. The Hall–Kier alpha value is -1.46. The van der Waals surface area contributed by atoms with Gasteiger partial charge in [0.1, 0.15) is 11.9 Å². The lowest BCUT2D eigenvalue weighted by molar-refractivity contribution is -0.137. The van der Waals surface area contributed by atoms with Crippen LogP contribution >= 0.6 is 0 Å². The molecule has 0 radical (unpaired) electrons. The van der Waals surface area contributed by atoms with Crippen LogP contribution in [0.15, 0.2) is 24.3 Å². The van der Waals surface area contributed by atoms with Crippen LogP contribution in [-0.2, 0) is 4.79 Å². The van der Waals surface area contributed by atoms with Crippen LogP contribution in [0.4, 0.5) is 4.39 Å². The van der Waals surface area contributed by atoms with Crippen molar-refractivity contribution in [3.8, 4) is 0 Å². The topological polar surface area (TPSA) is 43.8 Å². The number of hydrogen-bond acceptors (Lipinski definition) is 3. The monoisotopic (exact) mass is 322 g/mol. The van der Waals surface area contributed by atoms with E-state index >= 15 is 0 Å². The number of nitrogens with zero attached hydrogens (tertiary/aromatic N) is 2. The van der Waals surface area contributed by atoms with Crippen LogP contribution in [0.1, 0.15) is 37.3 Å². The minimum Gasteiger partial charge on any atom is -0.396 e. The second-order valence-electron chi connectivity index (χ2n) is 6.95. The Balaban J connectivity index is 2.19. The predicted molar refractivity (Wildman–Crippen MR) is 88.5 cm³/mol. The molecule has 0 unspecified atom stereocenters. The average Bonchev–Trinajstić information content (AvgIpc) is 2.98. The van der Waals surface area contributed by atoms with Gasteiger partial charge in [0.15, 0.2) is 0 Å². The molecule has 1 N–H and O–H groups in total. The van der Waals surface area contributed by atoms with Crippen molar-refractivity contribution in [3.63, 3.8) is 0 Å². The normalized spacial score (nSPS) is 18.2. The van der Waals surface area contributed by atoms with Crippen molar-refractivity contribution in [2.45, 2.75) is 31.7 Å². The lowest BCUT2D eigenvalue weighted by Gasteiger charge is -2.35. The fourth-order valence-corrected chi connectivity index (χ4v) is 3.61. The van der Waals surface area contributed by atoms with E-state index in [4.69, 9.17) is 0 Å². The van der Waals surface area contributed by atoms with E-state index in [0.29, 0.717) is 12.1 Å². The van der Waals surface area contributed by atoms with E-state index in [2.05, 4.69) is 0 Å². The zero-order valence-electron chi connectivity index (χ0n) is 14.3. The molecule has 2 rings (SSSR count). The van der Waals surface area contributed by atoms with Gasteiger partial charge in [0, 0.05) is 24.6 Å². The minimum absolute atomic E-state index is 0.0942. The van der Waals surface area contributed by atoms with Crippen molar-refractivity contribution in [3.05, 3.63) is 35.6 Å². The Morgan fingerprint density at radius 2 is 1.87 bits per heavy atom. The Morgan fingerprint density at radius 3 is 2.39 bits per heavy atom. The van der Waals surface area contributed by atoms with Crippen LogP contribution in [0.25, 0.3) is 0 Å². The molecule has 1 aromatic carbocycles. The van der Waals surface area contributed by atoms with Gasteiger partial charge < -0.3 is 10.0 Å². The van der Waals surface area contributed by atoms with Crippen molar-refractivity contribution < 1.29 is 14.3 Å². The molecule has 5 heteroatoms. The summed E-state index contributed by atoms with van der Waals surface area (Å²) in [6.07, 6.45) is 4.06. The zero-order valence-corrected chi connectivity index (χ0v) is 14.3. The fourth-order valence-electron chi connectivity index (χ4n) is 3.61. The standard InChI is InChI=1S/C18H27FN2O2/c1-20(2)16(14-8-4-5-9-15(14)19)17(23)21(3)12-18(13-22)10-6-7-11-18/h4-5,8-9,16,22H,6-7,10-13H2,1-3H3/t16-/m0/s1. The number of aliphatic hydroxyl groups is 1. The quantitative estimate of drug-likeness (QED) is 0.875. The third-order valence-corrected chi connectivity index (χ3v) is 4.90. The van der Waals surface area contributed by atoms with Gasteiger partial charge in [-0.1, -0.05) is 31.0 Å². The minimum atomic E-state index is -0.654. The zero-order chi connectivity index (χ0) is 17.0. The second-order valence-corrected chi connectivity index (χ2v) is 6.95. The smallest absolute Gasteiger partial charge is 0.244 e. The molecule has 0 aliphatic heterocycles. The van der Waals surface area contributed by atoms with Gasteiger partial charge >= 0.3 is 0 Å². The molecule has 1 amide bonds. The van der Waals surface area contributed by atoms with Crippen LogP contribution < -0.4 is 0 Å². The third-order valence-electron chi connectivity index (χ3n) is 4.90. The first-order valence-corrected chi connectivity index (χ1v) is 8.17. The van der Waals surface area contributed by atoms with Crippen molar-refractivity contribution in [2.75, 3.05) is 34.3 Å². The van der Waals surface area contributed by atoms with Crippen LogP contribution in [0.3, 0.4) is 0 Å². The molecule has 1 aromatic rings. The van der Waals surface area contributed by atoms with E-state index < -0.39 is 6.04 Å². The van der Waals surface area contributed by atoms with Crippen molar-refractivity contribution in [2.24, 2.45) is 5.41 Å². The molecule has 4 nitrogen and oxygen atoms in total. The third kappa shape index (κ3) is 3.90. The Bertz CT molecular complexity index is 542. The van der Waals surface area contributed by atoms with Gasteiger partial charge in [0.2, 0.25) is 5.91 Å². The predicted octanol–water partition coefficient (Wildman–Crippen LogP) is 2.44. The molecule has 0 aromatic heterocycles. The summed E-state index contributed by atoms with van der Waals surface area (Å²) in [5, 5.41) is 9.75. The Morgan fingerprint density at radius 1 is 1.26 bits per heavy atom. The number of likely N-dealkylation sites (N-methyl/N-ethyl adjacent to an activating group) is 2. The number of benzene rings is 1. The molecule has 1 aliphatic rings. The maximum atomic E-state index is 14.1. The first kappa shape index (κ1) is 17.9. The van der Waals surface area contributed by atoms with E-state index in [1.165, 1.54) is 6.07 Å². The molecule has 0 spiro atoms. The Labute approximate surface area is 137 Å². The van der Waals surface area contributed by atoms with Crippen LogP contribution in [-0.4, -0.2) is 55.1 Å². The van der Waals surface area contributed by atoms with Gasteiger partial charge in [0.25, 0.3) is 0 Å². The molecule has 1 fully saturated rings. The lowest BCUT2D eigenvalue weighted by Crippen LogP contribution is -2.44. The molecule has 1 atom stereocenters. The number of amides is 1. The van der Waals surface area contributed by atoms with Gasteiger partial charge in [-0.3, -0.25) is 9.69 Å². The number of halogens is 1. The second kappa shape index (κ2) is 7.41. The number of carbonyl (C=O) groups is 1. The van der Waals surface area contributed by atoms with Gasteiger partial charge in [-0.05, 0) is 33.0 Å². The molecule has 128 valence electrons. The summed E-state index contributed by atoms with van der Waals surface area (Å²) >= 11 is 0. The first-order valence-electron chi connectivity index (χ1n) is 8.17. The lowest BCUT2D eigenvalue weighted by atomic mass is 9.86. The van der Waals surface area contributed by atoms with E-state index in [1.54, 1.807) is 49.1 Å². The highest BCUT2D eigenvalue weighted by molar-refractivity contribution is 5.83. The molecular weight excluding hydrogens is 295 g/mol. The summed E-state index contributed by atoms with van der Waals surface area (Å²) in [5.74, 6) is -0.509. The fraction of sp³-hybridized carbons (Fsp3) is 0.611. The summed E-state index contributed by atoms with van der Waals surface area (Å²) < 4.78 is 14.1. The molecule has 1 saturated carbocycles. The maximum absolute atomic E-state index is 14.1. The maximum Gasteiger partial charge on any atom is 0.244 e. The van der Waals surface area contributed by atoms with Crippen LogP contribution in [0.5, 0.6) is 0 Å². The summed E-state index contributed by atoms with van der Waals surface area (Å²) in [7, 11) is 5.30. The molecule has 0 saturated heterocycles. The largest absolute Gasteiger partial charge is 0.396 e. The van der Waals surface area contributed by atoms with Crippen LogP contribution in [0, 0.1) is 11.2 Å². The number of hydrogen-bond donors (Lipinski definition) is 1. The molecule has 0 bridgehead atoms. The van der Waals surface area contributed by atoms with E-state index in [1.807, 2.05) is 0 Å². The SMILES string of the molecule is CN(CC1(CO)CCCC1)C(=O)[C@H](c1ccccc1F)N(C)C. The van der Waals surface area contributed by atoms with E-state index in [-0.39, 0.29) is 23.7 Å². The average molecular weight is 322 g/mol.